The van der Waals surface area contributed by atoms with E-state index in [1.165, 1.54) is 11.0 Å². The lowest BCUT2D eigenvalue weighted by Crippen LogP contribution is -2.32. The molecule has 1 aliphatic rings. The largest absolute Gasteiger partial charge is 0.393 e. The predicted molar refractivity (Wildman–Crippen MR) is 115 cm³/mol. The Balaban J connectivity index is 1.41. The van der Waals surface area contributed by atoms with Crippen molar-refractivity contribution in [3.8, 4) is 22.5 Å². The van der Waals surface area contributed by atoms with Gasteiger partial charge in [-0.2, -0.15) is 13.2 Å². The van der Waals surface area contributed by atoms with E-state index in [-0.39, 0.29) is 25.2 Å². The molecule has 1 N–H and O–H groups in total. The number of carbonyl (C=O) groups excluding carboxylic acids is 1. The molecular formula is C24H19F3N4O. The van der Waals surface area contributed by atoms with Gasteiger partial charge in [0.15, 0.2) is 0 Å². The number of benzene rings is 1. The minimum Gasteiger partial charge on any atom is -0.339 e. The minimum absolute atomic E-state index is 0.0766. The molecule has 0 aliphatic carbocycles. The monoisotopic (exact) mass is 436 g/mol. The molecule has 0 saturated carbocycles. The zero-order chi connectivity index (χ0) is 22.3. The molecule has 1 unspecified atom stereocenters. The number of H-pyrrole nitrogens is 1. The van der Waals surface area contributed by atoms with E-state index in [4.69, 9.17) is 0 Å². The van der Waals surface area contributed by atoms with Crippen molar-refractivity contribution in [1.29, 1.82) is 0 Å². The van der Waals surface area contributed by atoms with Crippen molar-refractivity contribution in [2.75, 3.05) is 13.1 Å². The summed E-state index contributed by atoms with van der Waals surface area (Å²) in [5, 5.41) is 0.896. The molecule has 8 heteroatoms. The van der Waals surface area contributed by atoms with Crippen molar-refractivity contribution in [3.63, 3.8) is 0 Å². The number of halogens is 3. The summed E-state index contributed by atoms with van der Waals surface area (Å²) in [4.78, 5) is 26.2. The summed E-state index contributed by atoms with van der Waals surface area (Å²) in [5.74, 6) is -1.96. The number of nitrogens with one attached hydrogen (secondary N) is 1. The fraction of sp³-hybridized carbons (Fsp3) is 0.208. The number of carbonyl (C=O) groups is 1. The minimum atomic E-state index is -4.29. The fourth-order valence-corrected chi connectivity index (χ4v) is 4.02. The van der Waals surface area contributed by atoms with Gasteiger partial charge in [0.1, 0.15) is 11.3 Å². The van der Waals surface area contributed by atoms with Crippen LogP contribution in [0.3, 0.4) is 0 Å². The Bertz CT molecular complexity index is 1280. The van der Waals surface area contributed by atoms with Crippen LogP contribution in [0.1, 0.15) is 16.9 Å². The highest BCUT2D eigenvalue weighted by atomic mass is 19.4. The molecule has 32 heavy (non-hydrogen) atoms. The van der Waals surface area contributed by atoms with Crippen LogP contribution in [0.25, 0.3) is 33.5 Å². The Morgan fingerprint density at radius 2 is 1.84 bits per heavy atom. The van der Waals surface area contributed by atoms with Crippen LogP contribution in [-0.2, 0) is 0 Å². The maximum atomic E-state index is 13.0. The van der Waals surface area contributed by atoms with Gasteiger partial charge in [-0.05, 0) is 36.2 Å². The average molecular weight is 436 g/mol. The normalized spacial score (nSPS) is 16.6. The van der Waals surface area contributed by atoms with Crippen LogP contribution >= 0.6 is 0 Å². The number of pyridine rings is 2. The number of likely N-dealkylation sites (tertiary alicyclic amines) is 1. The van der Waals surface area contributed by atoms with Crippen molar-refractivity contribution in [2.45, 2.75) is 12.6 Å². The number of rotatable bonds is 3. The molecule has 3 aromatic heterocycles. The van der Waals surface area contributed by atoms with E-state index >= 15 is 0 Å². The summed E-state index contributed by atoms with van der Waals surface area (Å²) < 4.78 is 38.9. The highest BCUT2D eigenvalue weighted by molar-refractivity contribution is 5.93. The van der Waals surface area contributed by atoms with Gasteiger partial charge < -0.3 is 9.88 Å². The van der Waals surface area contributed by atoms with E-state index in [2.05, 4.69) is 15.0 Å². The first-order valence-electron chi connectivity index (χ1n) is 10.3. The van der Waals surface area contributed by atoms with Gasteiger partial charge in [0, 0.05) is 35.9 Å². The van der Waals surface area contributed by atoms with Crippen molar-refractivity contribution in [1.82, 2.24) is 19.9 Å². The summed E-state index contributed by atoms with van der Waals surface area (Å²) in [7, 11) is 0. The highest BCUT2D eigenvalue weighted by Crippen LogP contribution is 2.34. The standard InChI is InChI=1S/C24H19F3N4O/c25-24(26,27)18-9-10-31(14-18)23(32)20-8-4-7-19(29-20)17-11-16-12-21(30-22(16)28-13-17)15-5-2-1-3-6-15/h1-8,11-13,18H,9-10,14H2,(H,28,30). The molecule has 0 bridgehead atoms. The molecule has 1 aliphatic heterocycles. The van der Waals surface area contributed by atoms with Crippen molar-refractivity contribution < 1.29 is 18.0 Å². The SMILES string of the molecule is O=C(c1cccc(-c2cnc3[nH]c(-c4ccccc4)cc3c2)n1)N1CCC(C(F)(F)F)C1. The van der Waals surface area contributed by atoms with E-state index in [0.29, 0.717) is 5.69 Å². The van der Waals surface area contributed by atoms with Gasteiger partial charge >= 0.3 is 6.18 Å². The van der Waals surface area contributed by atoms with Crippen LogP contribution in [0.5, 0.6) is 0 Å². The Morgan fingerprint density at radius 1 is 1.03 bits per heavy atom. The second-order valence-electron chi connectivity index (χ2n) is 7.90. The third-order valence-corrected chi connectivity index (χ3v) is 5.76. The summed E-state index contributed by atoms with van der Waals surface area (Å²) in [6.07, 6.45) is -2.70. The van der Waals surface area contributed by atoms with Gasteiger partial charge in [0.2, 0.25) is 0 Å². The summed E-state index contributed by atoms with van der Waals surface area (Å²) in [6.45, 7) is -0.249. The van der Waals surface area contributed by atoms with Gasteiger partial charge in [-0.1, -0.05) is 36.4 Å². The second kappa shape index (κ2) is 7.78. The lowest BCUT2D eigenvalue weighted by atomic mass is 10.1. The molecular weight excluding hydrogens is 417 g/mol. The van der Waals surface area contributed by atoms with Gasteiger partial charge in [0.25, 0.3) is 5.91 Å². The summed E-state index contributed by atoms with van der Waals surface area (Å²) in [6, 6.07) is 18.8. The van der Waals surface area contributed by atoms with Crippen LogP contribution in [0.4, 0.5) is 13.2 Å². The first-order valence-corrected chi connectivity index (χ1v) is 10.3. The third kappa shape index (κ3) is 3.84. The zero-order valence-electron chi connectivity index (χ0n) is 16.9. The quantitative estimate of drug-likeness (QED) is 0.473. The molecule has 4 heterocycles. The number of aromatic nitrogens is 3. The summed E-state index contributed by atoms with van der Waals surface area (Å²) >= 11 is 0. The number of alkyl halides is 3. The molecule has 162 valence electrons. The van der Waals surface area contributed by atoms with Crippen molar-refractivity contribution in [2.24, 2.45) is 5.92 Å². The number of hydrogen-bond acceptors (Lipinski definition) is 3. The van der Waals surface area contributed by atoms with Gasteiger partial charge in [-0.25, -0.2) is 9.97 Å². The van der Waals surface area contributed by atoms with E-state index in [0.717, 1.165) is 27.9 Å². The molecule has 1 fully saturated rings. The van der Waals surface area contributed by atoms with Crippen LogP contribution < -0.4 is 0 Å². The first kappa shape index (κ1) is 20.2. The van der Waals surface area contributed by atoms with E-state index in [9.17, 15) is 18.0 Å². The summed E-state index contributed by atoms with van der Waals surface area (Å²) in [5.41, 5.74) is 4.11. The Morgan fingerprint density at radius 3 is 2.59 bits per heavy atom. The molecule has 0 radical (unpaired) electrons. The topological polar surface area (TPSA) is 61.9 Å². The Labute approximate surface area is 181 Å². The van der Waals surface area contributed by atoms with Crippen LogP contribution in [-0.4, -0.2) is 45.0 Å². The first-order chi connectivity index (χ1) is 15.4. The van der Waals surface area contributed by atoms with Crippen LogP contribution in [0.15, 0.2) is 66.9 Å². The molecule has 5 rings (SSSR count). The molecule has 1 atom stereocenters. The lowest BCUT2D eigenvalue weighted by Gasteiger charge is -2.17. The average Bonchev–Trinajstić information content (AvgIpc) is 3.46. The number of hydrogen-bond donors (Lipinski definition) is 1. The zero-order valence-corrected chi connectivity index (χ0v) is 16.9. The van der Waals surface area contributed by atoms with E-state index < -0.39 is 18.0 Å². The smallest absolute Gasteiger partial charge is 0.339 e. The maximum absolute atomic E-state index is 13.0. The lowest BCUT2D eigenvalue weighted by molar-refractivity contribution is -0.169. The second-order valence-corrected chi connectivity index (χ2v) is 7.90. The Kier molecular flexibility index (Phi) is 4.92. The highest BCUT2D eigenvalue weighted by Gasteiger charge is 2.44. The molecule has 1 aromatic carbocycles. The van der Waals surface area contributed by atoms with Gasteiger partial charge in [-0.3, -0.25) is 4.79 Å². The van der Waals surface area contributed by atoms with E-state index in [1.807, 2.05) is 42.5 Å². The molecule has 1 amide bonds. The maximum Gasteiger partial charge on any atom is 0.393 e. The van der Waals surface area contributed by atoms with Crippen molar-refractivity contribution in [3.05, 3.63) is 72.6 Å². The fourth-order valence-electron chi connectivity index (χ4n) is 4.02. The van der Waals surface area contributed by atoms with Crippen LogP contribution in [0, 0.1) is 5.92 Å². The molecule has 4 aromatic rings. The van der Waals surface area contributed by atoms with Crippen LogP contribution in [0.2, 0.25) is 0 Å². The molecule has 5 nitrogen and oxygen atoms in total. The third-order valence-electron chi connectivity index (χ3n) is 5.76. The van der Waals surface area contributed by atoms with Crippen molar-refractivity contribution >= 4 is 16.9 Å². The Hall–Kier alpha value is -3.68. The van der Waals surface area contributed by atoms with Gasteiger partial charge in [0.05, 0.1) is 11.6 Å². The molecule has 0 spiro atoms. The molecule has 1 saturated heterocycles. The predicted octanol–water partition coefficient (Wildman–Crippen LogP) is 5.32. The number of nitrogens with zero attached hydrogens (tertiary/aromatic N) is 3. The van der Waals surface area contributed by atoms with E-state index in [1.54, 1.807) is 18.3 Å². The number of amides is 1. The number of aromatic amines is 1. The van der Waals surface area contributed by atoms with Gasteiger partial charge in [-0.15, -0.1) is 0 Å². The number of fused-ring (bicyclic) bond motifs is 1.